The number of benzene rings is 1. The molecule has 1 aromatic rings. The lowest BCUT2D eigenvalue weighted by atomic mass is 9.79. The fraction of sp³-hybridized carbons (Fsp3) is 0.417. The van der Waals surface area contributed by atoms with Crippen LogP contribution < -0.4 is 5.32 Å². The van der Waals surface area contributed by atoms with E-state index in [0.717, 1.165) is 19.1 Å². The quantitative estimate of drug-likeness (QED) is 0.773. The van der Waals surface area contributed by atoms with Crippen LogP contribution in [0.3, 0.4) is 0 Å². The lowest BCUT2D eigenvalue weighted by molar-refractivity contribution is -0.161. The molecule has 1 amide bonds. The van der Waals surface area contributed by atoms with E-state index in [0.29, 0.717) is 0 Å². The largest absolute Gasteiger partial charge is 0.338 e. The lowest BCUT2D eigenvalue weighted by Crippen LogP contribution is -2.63. The minimum atomic E-state index is -3.57. The third-order valence-corrected chi connectivity index (χ3v) is 3.24. The molecule has 0 radical (unpaired) electrons. The number of nitrogens with one attached hydrogen (secondary N) is 1. The molecule has 2 nitrogen and oxygen atoms in total. The van der Waals surface area contributed by atoms with E-state index < -0.39 is 35.8 Å². The van der Waals surface area contributed by atoms with E-state index in [9.17, 15) is 22.4 Å². The van der Waals surface area contributed by atoms with E-state index in [4.69, 9.17) is 0 Å². The van der Waals surface area contributed by atoms with Crippen LogP contribution in [0.1, 0.15) is 18.9 Å². The first kappa shape index (κ1) is 12.9. The Morgan fingerprint density at radius 2 is 1.94 bits per heavy atom. The molecule has 0 aliphatic carbocycles. The molecule has 0 spiro atoms. The molecule has 98 valence electrons. The molecule has 0 bridgehead atoms. The van der Waals surface area contributed by atoms with Gasteiger partial charge >= 0.3 is 0 Å². The summed E-state index contributed by atoms with van der Waals surface area (Å²) in [6.07, 6.45) is -3.52. The summed E-state index contributed by atoms with van der Waals surface area (Å²) in [5.41, 5.74) is -2.59. The van der Waals surface area contributed by atoms with Crippen LogP contribution in [0.15, 0.2) is 24.3 Å². The Morgan fingerprint density at radius 1 is 1.33 bits per heavy atom. The van der Waals surface area contributed by atoms with Crippen LogP contribution in [0.2, 0.25) is 0 Å². The summed E-state index contributed by atoms with van der Waals surface area (Å²) >= 11 is 0. The van der Waals surface area contributed by atoms with Gasteiger partial charge in [0.2, 0.25) is 0 Å². The number of hydrogen-bond donors (Lipinski definition) is 1. The van der Waals surface area contributed by atoms with Gasteiger partial charge in [0.1, 0.15) is 11.4 Å². The van der Waals surface area contributed by atoms with Crippen LogP contribution >= 0.6 is 0 Å². The van der Waals surface area contributed by atoms with Crippen LogP contribution in [-0.4, -0.2) is 18.0 Å². The fourth-order valence-electron chi connectivity index (χ4n) is 2.07. The van der Waals surface area contributed by atoms with Crippen molar-refractivity contribution >= 4 is 5.91 Å². The predicted octanol–water partition coefficient (Wildman–Crippen LogP) is 2.53. The zero-order chi connectivity index (χ0) is 13.6. The standard InChI is InChI=1S/C12H11F4NO/c1-11(7-4-2-3-5-8(7)13)12(15,16)6-9(14)10(18)17-11/h2-5,9H,6H2,1H3,(H,17,18)/t9?,11-/m0/s1. The molecule has 6 heteroatoms. The fourth-order valence-corrected chi connectivity index (χ4v) is 2.07. The molecular weight excluding hydrogens is 250 g/mol. The van der Waals surface area contributed by atoms with Crippen LogP contribution in [0, 0.1) is 5.82 Å². The van der Waals surface area contributed by atoms with Crippen molar-refractivity contribution < 1.29 is 22.4 Å². The maximum absolute atomic E-state index is 13.9. The second-order valence-electron chi connectivity index (χ2n) is 4.47. The van der Waals surface area contributed by atoms with Gasteiger partial charge in [-0.1, -0.05) is 18.2 Å². The Kier molecular flexibility index (Phi) is 2.83. The third kappa shape index (κ3) is 1.76. The van der Waals surface area contributed by atoms with E-state index in [1.807, 2.05) is 5.32 Å². The molecule has 1 aliphatic heterocycles. The molecule has 18 heavy (non-hydrogen) atoms. The SMILES string of the molecule is C[C@@]1(c2ccccc2F)NC(=O)C(F)CC1(F)F. The zero-order valence-corrected chi connectivity index (χ0v) is 9.51. The van der Waals surface area contributed by atoms with Crippen molar-refractivity contribution in [2.45, 2.75) is 31.0 Å². The summed E-state index contributed by atoms with van der Waals surface area (Å²) in [4.78, 5) is 11.2. The van der Waals surface area contributed by atoms with Crippen LogP contribution in [0.4, 0.5) is 17.6 Å². The molecule has 0 saturated carbocycles. The average Bonchev–Trinajstić information content (AvgIpc) is 2.26. The summed E-state index contributed by atoms with van der Waals surface area (Å²) in [6, 6.07) is 4.91. The molecule has 1 aromatic carbocycles. The maximum Gasteiger partial charge on any atom is 0.277 e. The first-order valence-electron chi connectivity index (χ1n) is 5.37. The Hall–Kier alpha value is -1.59. The number of carbonyl (C=O) groups excluding carboxylic acids is 1. The highest BCUT2D eigenvalue weighted by Gasteiger charge is 2.59. The highest BCUT2D eigenvalue weighted by Crippen LogP contribution is 2.44. The van der Waals surface area contributed by atoms with Gasteiger partial charge in [-0.15, -0.1) is 0 Å². The van der Waals surface area contributed by atoms with E-state index in [1.165, 1.54) is 12.1 Å². The molecule has 2 rings (SSSR count). The van der Waals surface area contributed by atoms with Crippen molar-refractivity contribution in [1.82, 2.24) is 5.32 Å². The smallest absolute Gasteiger partial charge is 0.277 e. The number of halogens is 4. The number of hydrogen-bond acceptors (Lipinski definition) is 1. The van der Waals surface area contributed by atoms with Crippen molar-refractivity contribution in [2.75, 3.05) is 0 Å². The number of amides is 1. The zero-order valence-electron chi connectivity index (χ0n) is 9.51. The molecular formula is C12H11F4NO. The first-order chi connectivity index (χ1) is 8.28. The van der Waals surface area contributed by atoms with E-state index in [1.54, 1.807) is 0 Å². The Bertz CT molecular complexity index is 491. The molecule has 1 N–H and O–H groups in total. The van der Waals surface area contributed by atoms with Gasteiger partial charge in [-0.25, -0.2) is 17.6 Å². The molecule has 1 heterocycles. The Labute approximate surface area is 101 Å². The summed E-state index contributed by atoms with van der Waals surface area (Å²) in [6.45, 7) is 0.995. The number of carbonyl (C=O) groups is 1. The van der Waals surface area contributed by atoms with Gasteiger partial charge in [0.25, 0.3) is 11.8 Å². The third-order valence-electron chi connectivity index (χ3n) is 3.24. The second-order valence-corrected chi connectivity index (χ2v) is 4.47. The van der Waals surface area contributed by atoms with Gasteiger partial charge in [-0.2, -0.15) is 0 Å². The molecule has 0 aromatic heterocycles. The van der Waals surface area contributed by atoms with Gasteiger partial charge in [0, 0.05) is 5.56 Å². The molecule has 2 atom stereocenters. The van der Waals surface area contributed by atoms with Crippen LogP contribution in [0.25, 0.3) is 0 Å². The van der Waals surface area contributed by atoms with E-state index >= 15 is 0 Å². The minimum absolute atomic E-state index is 0.352. The number of rotatable bonds is 1. The van der Waals surface area contributed by atoms with Crippen molar-refractivity contribution in [3.63, 3.8) is 0 Å². The minimum Gasteiger partial charge on any atom is -0.338 e. The summed E-state index contributed by atoms with van der Waals surface area (Å²) in [5, 5.41) is 1.89. The Balaban J connectivity index is 2.52. The average molecular weight is 261 g/mol. The highest BCUT2D eigenvalue weighted by molar-refractivity contribution is 5.83. The van der Waals surface area contributed by atoms with Crippen molar-refractivity contribution in [3.8, 4) is 0 Å². The van der Waals surface area contributed by atoms with Crippen molar-refractivity contribution in [2.24, 2.45) is 0 Å². The number of piperidine rings is 1. The topological polar surface area (TPSA) is 29.1 Å². The molecule has 1 aliphatic rings. The first-order valence-corrected chi connectivity index (χ1v) is 5.37. The van der Waals surface area contributed by atoms with Crippen LogP contribution in [0.5, 0.6) is 0 Å². The van der Waals surface area contributed by atoms with Gasteiger partial charge < -0.3 is 5.32 Å². The second kappa shape index (κ2) is 3.96. The number of alkyl halides is 3. The van der Waals surface area contributed by atoms with E-state index in [2.05, 4.69) is 0 Å². The summed E-state index contributed by atoms with van der Waals surface area (Å²) in [5.74, 6) is -5.58. The van der Waals surface area contributed by atoms with Gasteiger partial charge in [-0.3, -0.25) is 4.79 Å². The van der Waals surface area contributed by atoms with Gasteiger partial charge in [0.05, 0.1) is 6.42 Å². The lowest BCUT2D eigenvalue weighted by Gasteiger charge is -2.42. The molecule has 1 fully saturated rings. The van der Waals surface area contributed by atoms with Gasteiger partial charge in [0.15, 0.2) is 6.17 Å². The monoisotopic (exact) mass is 261 g/mol. The normalized spacial score (nSPS) is 30.9. The van der Waals surface area contributed by atoms with Gasteiger partial charge in [-0.05, 0) is 13.0 Å². The van der Waals surface area contributed by atoms with Crippen molar-refractivity contribution in [1.29, 1.82) is 0 Å². The molecule has 1 unspecified atom stereocenters. The summed E-state index contributed by atoms with van der Waals surface area (Å²) < 4.78 is 54.5. The summed E-state index contributed by atoms with van der Waals surface area (Å²) in [7, 11) is 0. The van der Waals surface area contributed by atoms with Crippen molar-refractivity contribution in [3.05, 3.63) is 35.6 Å². The van der Waals surface area contributed by atoms with E-state index in [-0.39, 0.29) is 5.56 Å². The van der Waals surface area contributed by atoms with Crippen LogP contribution in [-0.2, 0) is 10.3 Å². The Morgan fingerprint density at radius 3 is 2.56 bits per heavy atom. The maximum atomic E-state index is 13.9. The predicted molar refractivity (Wildman–Crippen MR) is 56.4 cm³/mol. The highest BCUT2D eigenvalue weighted by atomic mass is 19.3. The molecule has 1 saturated heterocycles.